The smallest absolute Gasteiger partial charge is 0.442 e. The van der Waals surface area contributed by atoms with E-state index in [9.17, 15) is 47.4 Å². The number of ether oxygens (including phenoxy) is 2. The van der Waals surface area contributed by atoms with Crippen molar-refractivity contribution in [3.8, 4) is 33.8 Å². The van der Waals surface area contributed by atoms with Crippen LogP contribution in [0.1, 0.15) is 51.9 Å². The predicted molar refractivity (Wildman–Crippen MR) is 323 cm³/mol. The van der Waals surface area contributed by atoms with E-state index in [1.165, 1.54) is 38.5 Å². The Morgan fingerprint density at radius 3 is 1.34 bits per heavy atom. The fraction of sp³-hybridized carbons (Fsp3) is 0.333. The number of nitrogen functional groups attached to an aromatic ring is 2. The van der Waals surface area contributed by atoms with Gasteiger partial charge in [-0.05, 0) is 124 Å². The molecule has 6 heterocycles. The second kappa shape index (κ2) is 28.5. The number of carbonyl (C=O) groups is 6. The van der Waals surface area contributed by atoms with Crippen LogP contribution in [0.25, 0.3) is 22.3 Å². The number of thiazole rings is 2. The zero-order valence-corrected chi connectivity index (χ0v) is 50.4. The number of β-lactam (4-membered cyclic amide) rings is 2. The van der Waals surface area contributed by atoms with Crippen LogP contribution in [0.3, 0.4) is 0 Å². The van der Waals surface area contributed by atoms with Gasteiger partial charge in [-0.2, -0.15) is 18.5 Å². The third kappa shape index (κ3) is 16.1. The van der Waals surface area contributed by atoms with Crippen LogP contribution < -0.4 is 53.7 Å². The van der Waals surface area contributed by atoms with Gasteiger partial charge in [0.05, 0.1) is 11.1 Å². The van der Waals surface area contributed by atoms with E-state index in [-0.39, 0.29) is 33.1 Å². The molecule has 2 aliphatic heterocycles. The Kier molecular flexibility index (Phi) is 20.9. The average molecular weight is 1290 g/mol. The van der Waals surface area contributed by atoms with E-state index in [1.807, 2.05) is 24.3 Å². The zero-order chi connectivity index (χ0) is 64.2. The van der Waals surface area contributed by atoms with E-state index >= 15 is 0 Å². The molecule has 2 aromatic carbocycles. The monoisotopic (exact) mass is 1290 g/mol. The number of nitrogens with two attached hydrogens (primary N) is 4. The summed E-state index contributed by atoms with van der Waals surface area (Å²) in [5.74, 6) is -5.71. The first-order chi connectivity index (χ1) is 42.4. The van der Waals surface area contributed by atoms with E-state index in [1.54, 1.807) is 60.9 Å². The Hall–Kier alpha value is -9.65. The van der Waals surface area contributed by atoms with Gasteiger partial charge in [-0.25, -0.2) is 29.5 Å². The molecule has 35 heteroatoms. The topological polar surface area (TPSA) is 467 Å². The summed E-state index contributed by atoms with van der Waals surface area (Å²) in [6.07, 6.45) is 1.25. The first-order valence-electron chi connectivity index (χ1n) is 27.0. The normalized spacial score (nSPS) is 16.9. The second-order valence-electron chi connectivity index (χ2n) is 20.5. The lowest BCUT2D eigenvalue weighted by molar-refractivity contribution is -0.239. The van der Waals surface area contributed by atoms with Crippen LogP contribution in [-0.4, -0.2) is 170 Å². The highest BCUT2D eigenvalue weighted by molar-refractivity contribution is 7.81. The third-order valence-electron chi connectivity index (χ3n) is 13.4. The van der Waals surface area contributed by atoms with E-state index in [4.69, 9.17) is 50.7 Å². The molecule has 4 amide bonds. The van der Waals surface area contributed by atoms with Gasteiger partial charge in [0, 0.05) is 36.2 Å². The summed E-state index contributed by atoms with van der Waals surface area (Å²) in [4.78, 5) is 107. The van der Waals surface area contributed by atoms with E-state index < -0.39 is 106 Å². The van der Waals surface area contributed by atoms with E-state index in [0.29, 0.717) is 47.9 Å². The molecular formula is C54H62N16O16S3. The van der Waals surface area contributed by atoms with Crippen LogP contribution in [0.15, 0.2) is 106 Å². The molecule has 0 bridgehead atoms. The number of carboxylic acid groups (broad SMARTS) is 2. The number of amides is 4. The summed E-state index contributed by atoms with van der Waals surface area (Å²) in [7, 11) is -5.37. The number of pyridine rings is 2. The molecular weight excluding hydrogens is 1220 g/mol. The Balaban J connectivity index is 0.856. The van der Waals surface area contributed by atoms with Gasteiger partial charge in [-0.3, -0.25) is 19.2 Å². The van der Waals surface area contributed by atoms with Crippen LogP contribution in [0.4, 0.5) is 21.9 Å². The lowest BCUT2D eigenvalue weighted by Gasteiger charge is -2.52. The molecule has 472 valence electrons. The number of hydroxylamine groups is 4. The number of benzene rings is 2. The molecule has 14 N–H and O–H groups in total. The SMILES string of the molecule is CC1(C)[C@H](NC(=O)/C(=N\O[C@@H](COc2ccc(-c3ccnc(NCCCN)c3)cc2)C(=O)O)c2csc(N)n2)C(=O)N1OS(=O)(=O)ON1C(=O)[C@@H](NC(=O)/C(=N\O[C@@H](COc2ccc(-c3ccnc(NCCCN)c3)cc2)C(=O)O)c2csc(N)n2)C1(C)C. The van der Waals surface area contributed by atoms with Crippen LogP contribution in [-0.2, 0) is 57.4 Å². The summed E-state index contributed by atoms with van der Waals surface area (Å²) in [5, 5.41) is 42.1. The number of oxime groups is 2. The standard InChI is InChI=1S/C54H62N16O16S3/c1-53(2)43(65-45(71)41(35-27-87-51(57)63-35)67-83-37(49(75)76)25-81-33-11-7-29(8-12-33)31-15-21-61-39(23-31)59-19-5-17-55)47(73)69(53)85-89(79,80)86-70-48(74)44(54(70,3)4)66-46(72)42(36-28-88-52(58)64-36)68-84-38(50(77)78)26-82-34-13-9-30(10-14-34)32-16-22-62-40(24-32)60-20-6-18-56/h7-16,21-24,27-28,37-38,43-44H,5-6,17-20,25-26,55-56H2,1-4H3,(H2,57,63)(H2,58,64)(H,59,61)(H,60,62)(H,65,71)(H,66,72)(H,75,76)(H,77,78)/b67-41-,68-42-/t37-,38-,43+,44+/m0/s1. The minimum atomic E-state index is -5.37. The van der Waals surface area contributed by atoms with Gasteiger partial charge < -0.3 is 73.6 Å². The number of nitrogens with one attached hydrogen (secondary N) is 4. The van der Waals surface area contributed by atoms with Crippen LogP contribution >= 0.6 is 22.7 Å². The molecule has 0 saturated carbocycles. The number of hydrogen-bond acceptors (Lipinski definition) is 28. The van der Waals surface area contributed by atoms with Crippen LogP contribution in [0.2, 0.25) is 0 Å². The molecule has 2 fully saturated rings. The number of anilines is 4. The Morgan fingerprint density at radius 2 is 1.01 bits per heavy atom. The minimum absolute atomic E-state index is 0.0164. The summed E-state index contributed by atoms with van der Waals surface area (Å²) >= 11 is 1.80. The number of carbonyl (C=O) groups excluding carboxylic acids is 4. The molecule has 2 aliphatic rings. The van der Waals surface area contributed by atoms with Gasteiger partial charge >= 0.3 is 22.3 Å². The van der Waals surface area contributed by atoms with Gasteiger partial charge in [-0.15, -0.1) is 31.2 Å². The molecule has 0 aliphatic carbocycles. The maximum Gasteiger partial charge on any atom is 0.442 e. The Morgan fingerprint density at radius 1 is 0.629 bits per heavy atom. The van der Waals surface area contributed by atoms with Crippen LogP contribution in [0.5, 0.6) is 11.5 Å². The van der Waals surface area contributed by atoms with Crippen molar-refractivity contribution in [2.45, 2.75) is 75.9 Å². The molecule has 89 heavy (non-hydrogen) atoms. The number of nitrogens with zero attached hydrogens (tertiary/aromatic N) is 8. The van der Waals surface area contributed by atoms with Crippen molar-refractivity contribution in [2.24, 2.45) is 21.8 Å². The molecule has 32 nitrogen and oxygen atoms in total. The number of rotatable bonds is 32. The van der Waals surface area contributed by atoms with Crippen molar-refractivity contribution in [3.05, 3.63) is 107 Å². The fourth-order valence-electron chi connectivity index (χ4n) is 8.46. The molecule has 2 saturated heterocycles. The first kappa shape index (κ1) is 65.3. The largest absolute Gasteiger partial charge is 0.489 e. The third-order valence-corrected chi connectivity index (χ3v) is 15.4. The van der Waals surface area contributed by atoms with Crippen LogP contribution in [0, 0.1) is 0 Å². The minimum Gasteiger partial charge on any atom is -0.489 e. The Bertz CT molecular complexity index is 3500. The fourth-order valence-corrected chi connectivity index (χ4v) is 10.5. The number of aromatic nitrogens is 4. The lowest BCUT2D eigenvalue weighted by atomic mass is 9.84. The van der Waals surface area contributed by atoms with Gasteiger partial charge in [-0.1, -0.05) is 34.6 Å². The number of aliphatic carboxylic acids is 2. The van der Waals surface area contributed by atoms with Gasteiger partial charge in [0.25, 0.3) is 35.8 Å². The molecule has 0 radical (unpaired) electrons. The van der Waals surface area contributed by atoms with Crippen molar-refractivity contribution in [1.82, 2.24) is 40.7 Å². The van der Waals surface area contributed by atoms with Crippen molar-refractivity contribution in [3.63, 3.8) is 0 Å². The maximum absolute atomic E-state index is 13.9. The highest BCUT2D eigenvalue weighted by atomic mass is 32.3. The van der Waals surface area contributed by atoms with Gasteiger partial charge in [0.1, 0.15) is 59.8 Å². The molecule has 8 rings (SSSR count). The van der Waals surface area contributed by atoms with E-state index in [0.717, 1.165) is 57.8 Å². The van der Waals surface area contributed by atoms with Gasteiger partial charge in [0.2, 0.25) is 0 Å². The van der Waals surface area contributed by atoms with E-state index in [2.05, 4.69) is 51.5 Å². The van der Waals surface area contributed by atoms with Crippen molar-refractivity contribution in [1.29, 1.82) is 0 Å². The molecule has 4 aromatic heterocycles. The highest BCUT2D eigenvalue weighted by Gasteiger charge is 2.61. The second-order valence-corrected chi connectivity index (χ2v) is 23.4. The quantitative estimate of drug-likeness (QED) is 0.0125. The summed E-state index contributed by atoms with van der Waals surface area (Å²) in [6, 6.07) is 17.8. The number of carboxylic acids is 2. The summed E-state index contributed by atoms with van der Waals surface area (Å²) in [6.45, 7) is 6.40. The zero-order valence-electron chi connectivity index (χ0n) is 47.9. The van der Waals surface area contributed by atoms with Crippen molar-refractivity contribution < 1.29 is 75.1 Å². The Labute approximate surface area is 515 Å². The maximum atomic E-state index is 13.9. The highest BCUT2D eigenvalue weighted by Crippen LogP contribution is 2.37. The van der Waals surface area contributed by atoms with Crippen molar-refractivity contribution in [2.75, 3.05) is 61.5 Å². The number of hydrogen-bond donors (Lipinski definition) is 10. The molecule has 0 unspecified atom stereocenters. The molecule has 0 spiro atoms. The first-order valence-corrected chi connectivity index (χ1v) is 30.0. The predicted octanol–water partition coefficient (Wildman–Crippen LogP) is 1.93. The average Bonchev–Trinajstić information content (AvgIpc) is 1.04. The molecule has 6 aromatic rings. The lowest BCUT2D eigenvalue weighted by Crippen LogP contribution is -2.78. The summed E-state index contributed by atoms with van der Waals surface area (Å²) < 4.78 is 48.3. The summed E-state index contributed by atoms with van der Waals surface area (Å²) in [5.41, 5.74) is 21.2. The molecule has 4 atom stereocenters. The van der Waals surface area contributed by atoms with Gasteiger partial charge in [0.15, 0.2) is 21.7 Å². The van der Waals surface area contributed by atoms with Crippen molar-refractivity contribution >= 4 is 102 Å².